The molecule has 6 rings (SSSR count). The van der Waals surface area contributed by atoms with E-state index in [9.17, 15) is 9.59 Å². The first-order valence-corrected chi connectivity index (χ1v) is 15.5. The fourth-order valence-electron chi connectivity index (χ4n) is 6.07. The van der Waals surface area contributed by atoms with E-state index in [4.69, 9.17) is 9.47 Å². The Hall–Kier alpha value is -4.34. The molecule has 44 heavy (non-hydrogen) atoms. The number of nitrogens with one attached hydrogen (secondary N) is 2. The van der Waals surface area contributed by atoms with E-state index in [-0.39, 0.29) is 24.3 Å². The summed E-state index contributed by atoms with van der Waals surface area (Å²) >= 11 is 0. The van der Waals surface area contributed by atoms with Gasteiger partial charge in [0.2, 0.25) is 0 Å². The Labute approximate surface area is 258 Å². The second-order valence-electron chi connectivity index (χ2n) is 13.8. The van der Waals surface area contributed by atoms with Crippen LogP contribution in [0.2, 0.25) is 0 Å². The zero-order valence-corrected chi connectivity index (χ0v) is 26.4. The third kappa shape index (κ3) is 6.30. The Bertz CT molecular complexity index is 1550. The molecule has 2 aliphatic heterocycles. The zero-order valence-electron chi connectivity index (χ0n) is 26.4. The maximum atomic E-state index is 12.8. The molecule has 10 nitrogen and oxygen atoms in total. The van der Waals surface area contributed by atoms with Crippen LogP contribution in [0, 0.1) is 0 Å². The van der Waals surface area contributed by atoms with Crippen molar-refractivity contribution >= 4 is 23.0 Å². The van der Waals surface area contributed by atoms with Crippen LogP contribution in [0.15, 0.2) is 48.8 Å². The van der Waals surface area contributed by atoms with Gasteiger partial charge in [-0.2, -0.15) is 0 Å². The number of benzene rings is 2. The Kier molecular flexibility index (Phi) is 7.63. The molecule has 0 aliphatic carbocycles. The maximum Gasteiger partial charge on any atom is 0.410 e. The number of hydrogen-bond acceptors (Lipinski definition) is 6. The fourth-order valence-corrected chi connectivity index (χ4v) is 6.07. The predicted octanol–water partition coefficient (Wildman–Crippen LogP) is 7.76. The van der Waals surface area contributed by atoms with Crippen molar-refractivity contribution in [2.75, 3.05) is 13.1 Å². The standard InChI is InChI=1S/C34H42N6O4/c1-33(2,3)43-31(41)39-15-7-9-27(39)29-35-19-25(37-29)23-13-11-22-18-24(14-12-21(22)17-23)26-20-36-30(38-26)28-10-8-16-40(28)32(42)44-34(4,5)6/h11-14,17-20,27-28H,7-10,15-16H2,1-6H3,(H,35,37)(H,36,38). The number of likely N-dealkylation sites (tertiary alicyclic amines) is 2. The number of carbonyl (C=O) groups excluding carboxylic acids is 2. The van der Waals surface area contributed by atoms with Gasteiger partial charge >= 0.3 is 12.2 Å². The summed E-state index contributed by atoms with van der Waals surface area (Å²) in [5, 5.41) is 2.20. The number of H-pyrrole nitrogens is 2. The van der Waals surface area contributed by atoms with E-state index in [0.717, 1.165) is 70.6 Å². The minimum atomic E-state index is -0.540. The summed E-state index contributed by atoms with van der Waals surface area (Å²) in [6.07, 6.45) is 6.61. The van der Waals surface area contributed by atoms with E-state index >= 15 is 0 Å². The van der Waals surface area contributed by atoms with Crippen molar-refractivity contribution in [3.05, 3.63) is 60.4 Å². The molecule has 0 spiro atoms. The molecule has 2 amide bonds. The maximum absolute atomic E-state index is 12.8. The molecular formula is C34H42N6O4. The third-order valence-electron chi connectivity index (χ3n) is 8.05. The first-order chi connectivity index (χ1) is 20.8. The van der Waals surface area contributed by atoms with E-state index in [1.54, 1.807) is 9.80 Å². The molecule has 10 heteroatoms. The predicted molar refractivity (Wildman–Crippen MR) is 169 cm³/mol. The molecule has 232 valence electrons. The van der Waals surface area contributed by atoms with Gasteiger partial charge < -0.3 is 19.4 Å². The molecule has 2 atom stereocenters. The highest BCUT2D eigenvalue weighted by atomic mass is 16.6. The number of ether oxygens (including phenoxy) is 2. The second-order valence-corrected chi connectivity index (χ2v) is 13.8. The molecule has 2 fully saturated rings. The van der Waals surface area contributed by atoms with Crippen LogP contribution in [0.25, 0.3) is 33.3 Å². The van der Waals surface area contributed by atoms with Gasteiger partial charge in [-0.15, -0.1) is 0 Å². The van der Waals surface area contributed by atoms with Crippen LogP contribution in [0.4, 0.5) is 9.59 Å². The average Bonchev–Trinajstić information content (AvgIpc) is 3.76. The molecule has 2 unspecified atom stereocenters. The number of nitrogens with zero attached hydrogens (tertiary/aromatic N) is 4. The van der Waals surface area contributed by atoms with E-state index in [2.05, 4.69) is 56.3 Å². The first kappa shape index (κ1) is 29.7. The van der Waals surface area contributed by atoms with Crippen LogP contribution in [-0.4, -0.2) is 66.2 Å². The highest BCUT2D eigenvalue weighted by Gasteiger charge is 2.36. The molecule has 0 saturated carbocycles. The van der Waals surface area contributed by atoms with Gasteiger partial charge in [0.25, 0.3) is 0 Å². The Morgan fingerprint density at radius 1 is 0.705 bits per heavy atom. The molecule has 4 heterocycles. The molecule has 2 aromatic heterocycles. The number of fused-ring (bicyclic) bond motifs is 1. The van der Waals surface area contributed by atoms with Crippen molar-refractivity contribution in [2.24, 2.45) is 0 Å². The molecule has 4 aromatic rings. The lowest BCUT2D eigenvalue weighted by Crippen LogP contribution is -2.36. The summed E-state index contributed by atoms with van der Waals surface area (Å²) in [5.74, 6) is 1.56. The van der Waals surface area contributed by atoms with Gasteiger partial charge in [-0.1, -0.05) is 24.3 Å². The topological polar surface area (TPSA) is 116 Å². The summed E-state index contributed by atoms with van der Waals surface area (Å²) in [6, 6.07) is 12.4. The smallest absolute Gasteiger partial charge is 0.410 e. The highest BCUT2D eigenvalue weighted by molar-refractivity contribution is 5.90. The van der Waals surface area contributed by atoms with Crippen LogP contribution in [0.1, 0.15) is 91.0 Å². The summed E-state index contributed by atoms with van der Waals surface area (Å²) in [5.41, 5.74) is 2.79. The second kappa shape index (κ2) is 11.3. The number of aromatic amines is 2. The number of aromatic nitrogens is 4. The lowest BCUT2D eigenvalue weighted by molar-refractivity contribution is 0.0208. The number of hydrogen-bond donors (Lipinski definition) is 2. The van der Waals surface area contributed by atoms with Crippen molar-refractivity contribution in [1.29, 1.82) is 0 Å². The highest BCUT2D eigenvalue weighted by Crippen LogP contribution is 2.35. The normalized spacial score (nSPS) is 19.1. The molecule has 2 saturated heterocycles. The van der Waals surface area contributed by atoms with Crippen molar-refractivity contribution in [3.8, 4) is 22.5 Å². The average molecular weight is 599 g/mol. The van der Waals surface area contributed by atoms with Crippen LogP contribution in [0.3, 0.4) is 0 Å². The first-order valence-electron chi connectivity index (χ1n) is 15.5. The van der Waals surface area contributed by atoms with Gasteiger partial charge in [0.1, 0.15) is 22.9 Å². The fraction of sp³-hybridized carbons (Fsp3) is 0.471. The lowest BCUT2D eigenvalue weighted by atomic mass is 10.0. The number of imidazole rings is 2. The van der Waals surface area contributed by atoms with Gasteiger partial charge in [0.15, 0.2) is 0 Å². The summed E-state index contributed by atoms with van der Waals surface area (Å²) < 4.78 is 11.3. The molecule has 0 radical (unpaired) electrons. The quantitative estimate of drug-likeness (QED) is 0.248. The van der Waals surface area contributed by atoms with Crippen molar-refractivity contribution < 1.29 is 19.1 Å². The minimum absolute atomic E-state index is 0.124. The van der Waals surface area contributed by atoms with E-state index < -0.39 is 11.2 Å². The van der Waals surface area contributed by atoms with Crippen molar-refractivity contribution in [1.82, 2.24) is 29.7 Å². The van der Waals surface area contributed by atoms with Gasteiger partial charge in [-0.25, -0.2) is 19.6 Å². The molecule has 2 aliphatic rings. The Morgan fingerprint density at radius 3 is 1.50 bits per heavy atom. The van der Waals surface area contributed by atoms with E-state index in [0.29, 0.717) is 13.1 Å². The minimum Gasteiger partial charge on any atom is -0.444 e. The van der Waals surface area contributed by atoms with E-state index in [1.807, 2.05) is 53.9 Å². The van der Waals surface area contributed by atoms with Gasteiger partial charge in [0, 0.05) is 24.2 Å². The molecule has 0 bridgehead atoms. The van der Waals surface area contributed by atoms with Crippen molar-refractivity contribution in [2.45, 2.75) is 90.5 Å². The number of carbonyl (C=O) groups is 2. The van der Waals surface area contributed by atoms with Crippen LogP contribution < -0.4 is 0 Å². The largest absolute Gasteiger partial charge is 0.444 e. The summed E-state index contributed by atoms with van der Waals surface area (Å²) in [4.78, 5) is 45.4. The Morgan fingerprint density at radius 2 is 1.11 bits per heavy atom. The molecule has 2 aromatic carbocycles. The third-order valence-corrected chi connectivity index (χ3v) is 8.05. The summed E-state index contributed by atoms with van der Waals surface area (Å²) in [7, 11) is 0. The molecule has 2 N–H and O–H groups in total. The lowest BCUT2D eigenvalue weighted by Gasteiger charge is -2.27. The van der Waals surface area contributed by atoms with Crippen LogP contribution in [-0.2, 0) is 9.47 Å². The zero-order chi connectivity index (χ0) is 31.2. The van der Waals surface area contributed by atoms with Gasteiger partial charge in [-0.3, -0.25) is 9.80 Å². The van der Waals surface area contributed by atoms with Crippen molar-refractivity contribution in [3.63, 3.8) is 0 Å². The number of rotatable bonds is 4. The Balaban J connectivity index is 1.18. The van der Waals surface area contributed by atoms with Crippen LogP contribution >= 0.6 is 0 Å². The van der Waals surface area contributed by atoms with Gasteiger partial charge in [0.05, 0.1) is 35.9 Å². The monoisotopic (exact) mass is 598 g/mol. The number of amides is 2. The van der Waals surface area contributed by atoms with Gasteiger partial charge in [-0.05, 0) is 90.1 Å². The van der Waals surface area contributed by atoms with E-state index in [1.165, 1.54) is 0 Å². The molecular weight excluding hydrogens is 556 g/mol. The SMILES string of the molecule is CC(C)(C)OC(=O)N1CCCC1c1ncc(-c2ccc3cc(-c4cnc(C5CCCN5C(=O)OC(C)(C)C)[nH]4)ccc3c2)[nH]1. The van der Waals surface area contributed by atoms with Crippen LogP contribution in [0.5, 0.6) is 0 Å². The summed E-state index contributed by atoms with van der Waals surface area (Å²) in [6.45, 7) is 12.6.